The van der Waals surface area contributed by atoms with Crippen molar-refractivity contribution in [2.75, 3.05) is 0 Å². The fourth-order valence-electron chi connectivity index (χ4n) is 5.22. The highest BCUT2D eigenvalue weighted by Gasteiger charge is 2.57. The van der Waals surface area contributed by atoms with Crippen LogP contribution in [0.2, 0.25) is 0 Å². The molecule has 10 heteroatoms. The number of carbonyl (C=O) groups is 1. The molecule has 0 aliphatic heterocycles. The van der Waals surface area contributed by atoms with Crippen LogP contribution in [0.5, 0.6) is 0 Å². The molecular weight excluding hydrogens is 437 g/mol. The topological polar surface area (TPSA) is 96.9 Å². The van der Waals surface area contributed by atoms with Crippen LogP contribution in [-0.4, -0.2) is 20.4 Å². The molecule has 6 rings (SSSR count). The van der Waals surface area contributed by atoms with Crippen LogP contribution in [0.25, 0.3) is 10.9 Å². The lowest BCUT2D eigenvalue weighted by Crippen LogP contribution is -2.55. The highest BCUT2D eigenvalue weighted by Crippen LogP contribution is 2.67. The minimum absolute atomic E-state index is 0.0516. The van der Waals surface area contributed by atoms with Gasteiger partial charge in [0.05, 0.1) is 28.8 Å². The van der Waals surface area contributed by atoms with Gasteiger partial charge in [-0.3, -0.25) is 14.6 Å². The molecule has 0 unspecified atom stereocenters. The molecule has 0 spiro atoms. The second-order valence-electron chi connectivity index (χ2n) is 9.24. The van der Waals surface area contributed by atoms with Crippen LogP contribution in [-0.2, 0) is 4.79 Å². The van der Waals surface area contributed by atoms with E-state index in [1.807, 2.05) is 0 Å². The molecule has 1 amide bonds. The Balaban J connectivity index is 1.53. The molecule has 2 N–H and O–H groups in total. The van der Waals surface area contributed by atoms with E-state index in [0.29, 0.717) is 12.0 Å². The Hall–Kier alpha value is -3.43. The van der Waals surface area contributed by atoms with Gasteiger partial charge in [-0.25, -0.2) is 22.5 Å². The Morgan fingerprint density at radius 2 is 1.94 bits per heavy atom. The molecule has 3 fully saturated rings. The highest BCUT2D eigenvalue weighted by molar-refractivity contribution is 5.82. The molecule has 2 heterocycles. The summed E-state index contributed by atoms with van der Waals surface area (Å²) in [7, 11) is 0. The third kappa shape index (κ3) is 3.63. The molecular formula is C23H21F3N4O3. The zero-order valence-electron chi connectivity index (χ0n) is 17.7. The fourth-order valence-corrected chi connectivity index (χ4v) is 5.22. The number of halogens is 3. The van der Waals surface area contributed by atoms with Gasteiger partial charge in [0.2, 0.25) is 5.91 Å². The zero-order chi connectivity index (χ0) is 23.5. The van der Waals surface area contributed by atoms with E-state index in [-0.39, 0.29) is 28.4 Å². The van der Waals surface area contributed by atoms with Gasteiger partial charge in [-0.2, -0.15) is 0 Å². The van der Waals surface area contributed by atoms with Gasteiger partial charge in [0.1, 0.15) is 23.5 Å². The molecule has 7 nitrogen and oxygen atoms in total. The lowest BCUT2D eigenvalue weighted by molar-refractivity contribution is -0.140. The van der Waals surface area contributed by atoms with Gasteiger partial charge in [-0.05, 0) is 62.1 Å². The van der Waals surface area contributed by atoms with Crippen molar-refractivity contribution in [3.8, 4) is 0 Å². The summed E-state index contributed by atoms with van der Waals surface area (Å²) in [5.74, 6) is -2.48. The number of nitrogens with one attached hydrogen (secondary N) is 2. The van der Waals surface area contributed by atoms with E-state index in [1.165, 1.54) is 13.0 Å². The van der Waals surface area contributed by atoms with Gasteiger partial charge in [-0.1, -0.05) is 0 Å². The predicted octanol–water partition coefficient (Wildman–Crippen LogP) is 3.11. The van der Waals surface area contributed by atoms with Crippen LogP contribution in [0.4, 0.5) is 13.2 Å². The van der Waals surface area contributed by atoms with Crippen molar-refractivity contribution < 1.29 is 18.0 Å². The summed E-state index contributed by atoms with van der Waals surface area (Å²) in [6.45, 7) is 1.47. The molecule has 3 aliphatic rings. The summed E-state index contributed by atoms with van der Waals surface area (Å²) in [5.41, 5.74) is -1.70. The first-order chi connectivity index (χ1) is 15.7. The van der Waals surface area contributed by atoms with E-state index in [1.54, 1.807) is 0 Å². The van der Waals surface area contributed by atoms with Crippen LogP contribution in [0, 0.1) is 28.8 Å². The molecule has 2 atom stereocenters. The quantitative estimate of drug-likeness (QED) is 0.593. The van der Waals surface area contributed by atoms with Crippen LogP contribution in [0.3, 0.4) is 0 Å². The van der Waals surface area contributed by atoms with E-state index in [4.69, 9.17) is 0 Å². The largest absolute Gasteiger partial charge is 0.346 e. The Morgan fingerprint density at radius 3 is 2.58 bits per heavy atom. The number of aromatic amines is 1. The van der Waals surface area contributed by atoms with Crippen molar-refractivity contribution >= 4 is 16.8 Å². The van der Waals surface area contributed by atoms with E-state index in [0.717, 1.165) is 42.2 Å². The van der Waals surface area contributed by atoms with Gasteiger partial charge in [0.15, 0.2) is 0 Å². The van der Waals surface area contributed by atoms with Crippen LogP contribution >= 0.6 is 0 Å². The first-order valence-corrected chi connectivity index (χ1v) is 10.7. The van der Waals surface area contributed by atoms with E-state index in [9.17, 15) is 27.6 Å². The lowest BCUT2D eigenvalue weighted by Gasteiger charge is -2.63. The smallest absolute Gasteiger partial charge is 0.329 e. The maximum absolute atomic E-state index is 14.2. The zero-order valence-corrected chi connectivity index (χ0v) is 17.7. The monoisotopic (exact) mass is 458 g/mol. The van der Waals surface area contributed by atoms with Gasteiger partial charge >= 0.3 is 5.69 Å². The number of carbonyl (C=O) groups excluding carboxylic acids is 1. The minimum atomic E-state index is -1.18. The summed E-state index contributed by atoms with van der Waals surface area (Å²) < 4.78 is 42.0. The highest BCUT2D eigenvalue weighted by atomic mass is 19.1. The Labute approximate surface area is 185 Å². The number of hydrogen-bond donors (Lipinski definition) is 2. The summed E-state index contributed by atoms with van der Waals surface area (Å²) in [6, 6.07) is 1.97. The number of aromatic nitrogens is 3. The third-order valence-corrected chi connectivity index (χ3v) is 6.90. The number of benzene rings is 1. The normalized spacial score (nSPS) is 22.8. The Kier molecular flexibility index (Phi) is 4.91. The van der Waals surface area contributed by atoms with Crippen LogP contribution in [0.15, 0.2) is 40.1 Å². The maximum Gasteiger partial charge on any atom is 0.329 e. The van der Waals surface area contributed by atoms with Crippen molar-refractivity contribution in [1.29, 1.82) is 0 Å². The average Bonchev–Trinajstić information content (AvgIpc) is 2.68. The van der Waals surface area contributed by atoms with Gasteiger partial charge < -0.3 is 10.3 Å². The fraction of sp³-hybridized carbons (Fsp3) is 0.391. The average molecular weight is 458 g/mol. The molecule has 1 aromatic carbocycles. The second-order valence-corrected chi connectivity index (χ2v) is 9.24. The van der Waals surface area contributed by atoms with Crippen molar-refractivity contribution in [1.82, 2.24) is 19.9 Å². The molecule has 2 bridgehead atoms. The number of hydrogen-bond acceptors (Lipinski definition) is 4. The summed E-state index contributed by atoms with van der Waals surface area (Å²) in [6.07, 6.45) is 3.83. The Morgan fingerprint density at radius 1 is 1.21 bits per heavy atom. The molecule has 33 heavy (non-hydrogen) atoms. The van der Waals surface area contributed by atoms with Crippen molar-refractivity contribution in [2.24, 2.45) is 11.3 Å². The SMILES string of the molecule is C[C@@H](NC(=O)[C@@H](CC12CC(C1)C2)n1c(=O)[nH]c2ccc(F)cc2c1=O)c1ncc(F)cc1F. The molecule has 3 aromatic rings. The molecule has 2 aromatic heterocycles. The number of amides is 1. The number of pyridine rings is 1. The van der Waals surface area contributed by atoms with E-state index >= 15 is 0 Å². The van der Waals surface area contributed by atoms with Crippen LogP contribution in [0.1, 0.15) is 50.4 Å². The van der Waals surface area contributed by atoms with Crippen LogP contribution < -0.4 is 16.6 Å². The van der Waals surface area contributed by atoms with Gasteiger partial charge in [-0.15, -0.1) is 0 Å². The first kappa shape index (κ1) is 21.4. The molecule has 0 radical (unpaired) electrons. The summed E-state index contributed by atoms with van der Waals surface area (Å²) in [4.78, 5) is 45.6. The maximum atomic E-state index is 14.2. The second kappa shape index (κ2) is 7.57. The molecule has 172 valence electrons. The molecule has 0 saturated heterocycles. The number of nitrogens with zero attached hydrogens (tertiary/aromatic N) is 2. The number of H-pyrrole nitrogens is 1. The standard InChI is InChI=1S/C23H21F3N4O3/c1-11(19-16(26)5-14(25)10-27-19)28-20(31)18(9-23-6-12(7-23)8-23)30-21(32)15-4-13(24)2-3-17(15)29-22(30)33/h2-5,10-12,18H,6-9H2,1H3,(H,28,31)(H,29,33)/t11-,12?,18-,23?/m1/s1. The minimum Gasteiger partial charge on any atom is -0.346 e. The predicted molar refractivity (Wildman–Crippen MR) is 113 cm³/mol. The van der Waals surface area contributed by atoms with E-state index in [2.05, 4.69) is 15.3 Å². The summed E-state index contributed by atoms with van der Waals surface area (Å²) in [5, 5.41) is 2.55. The third-order valence-electron chi connectivity index (χ3n) is 6.90. The van der Waals surface area contributed by atoms with Crippen molar-refractivity contribution in [3.63, 3.8) is 0 Å². The first-order valence-electron chi connectivity index (χ1n) is 10.7. The molecule has 3 aliphatic carbocycles. The van der Waals surface area contributed by atoms with Crippen molar-refractivity contribution in [3.05, 3.63) is 74.4 Å². The summed E-state index contributed by atoms with van der Waals surface area (Å²) >= 11 is 0. The van der Waals surface area contributed by atoms with Gasteiger partial charge in [0, 0.05) is 6.07 Å². The number of rotatable bonds is 6. The molecule has 3 saturated carbocycles. The number of fused-ring (bicyclic) bond motifs is 1. The van der Waals surface area contributed by atoms with Gasteiger partial charge in [0.25, 0.3) is 5.56 Å². The lowest BCUT2D eigenvalue weighted by atomic mass is 9.43. The van der Waals surface area contributed by atoms with E-state index < -0.39 is 46.7 Å². The van der Waals surface area contributed by atoms with Crippen molar-refractivity contribution in [2.45, 2.75) is 44.7 Å². The Bertz CT molecular complexity index is 1380.